The minimum Gasteiger partial charge on any atom is -0.427 e. The number of imide groups is 1. The molecular formula is C18H12Cl4F4N2O3. The van der Waals surface area contributed by atoms with E-state index in [2.05, 4.69) is 10.1 Å². The van der Waals surface area contributed by atoms with Crippen LogP contribution in [0, 0.1) is 0 Å². The molecule has 0 fully saturated rings. The van der Waals surface area contributed by atoms with Crippen molar-refractivity contribution in [2.45, 2.75) is 24.3 Å². The summed E-state index contributed by atoms with van der Waals surface area (Å²) in [5, 5.41) is 3.24. The summed E-state index contributed by atoms with van der Waals surface area (Å²) in [5.41, 5.74) is -0.633. The third-order valence-electron chi connectivity index (χ3n) is 3.73. The molecule has 0 aliphatic heterocycles. The van der Waals surface area contributed by atoms with Gasteiger partial charge >= 0.3 is 12.1 Å². The molecule has 3 amide bonds. The quantitative estimate of drug-likeness (QED) is 0.316. The molecule has 5 nitrogen and oxygen atoms in total. The van der Waals surface area contributed by atoms with Gasteiger partial charge in [0.05, 0.1) is 15.6 Å². The molecule has 0 unspecified atom stereocenters. The number of benzene rings is 2. The average molecular weight is 522 g/mol. The van der Waals surface area contributed by atoms with Gasteiger partial charge in [-0.3, -0.25) is 10.1 Å². The fourth-order valence-electron chi connectivity index (χ4n) is 2.41. The number of alkyl halides is 6. The van der Waals surface area contributed by atoms with Gasteiger partial charge in [-0.15, -0.1) is 0 Å². The Morgan fingerprint density at radius 1 is 1.03 bits per heavy atom. The largest absolute Gasteiger partial charge is 0.428 e. The number of amides is 3. The maximum absolute atomic E-state index is 13.6. The first-order chi connectivity index (χ1) is 14.5. The molecule has 0 atom stereocenters. The number of anilines is 1. The Hall–Kier alpha value is -1.94. The lowest BCUT2D eigenvalue weighted by molar-refractivity contribution is -0.163. The van der Waals surface area contributed by atoms with E-state index >= 15 is 0 Å². The van der Waals surface area contributed by atoms with Crippen molar-refractivity contribution in [3.8, 4) is 5.75 Å². The zero-order valence-electron chi connectivity index (χ0n) is 15.1. The number of hydrogen-bond acceptors (Lipinski definition) is 3. The summed E-state index contributed by atoms with van der Waals surface area (Å²) >= 11 is 22.0. The molecule has 0 radical (unpaired) electrons. The molecule has 2 aromatic rings. The Kier molecular flexibility index (Phi) is 8.65. The van der Waals surface area contributed by atoms with Crippen molar-refractivity contribution >= 4 is 64.0 Å². The van der Waals surface area contributed by atoms with E-state index in [0.717, 1.165) is 12.1 Å². The zero-order valence-corrected chi connectivity index (χ0v) is 18.2. The Labute approximate surface area is 193 Å². The second-order valence-electron chi connectivity index (χ2n) is 5.86. The van der Waals surface area contributed by atoms with E-state index in [1.54, 1.807) is 0 Å². The molecule has 0 saturated heterocycles. The van der Waals surface area contributed by atoms with Crippen molar-refractivity contribution in [3.05, 3.63) is 57.1 Å². The first-order valence-electron chi connectivity index (χ1n) is 8.19. The Bertz CT molecular complexity index is 947. The molecule has 168 valence electrons. The molecule has 0 aliphatic rings. The molecule has 2 N–H and O–H groups in total. The summed E-state index contributed by atoms with van der Waals surface area (Å²) in [4.78, 5) is 22.2. The first-order valence-corrected chi connectivity index (χ1v) is 9.82. The van der Waals surface area contributed by atoms with Gasteiger partial charge in [0.25, 0.3) is 5.91 Å². The van der Waals surface area contributed by atoms with Gasteiger partial charge in [-0.05, 0) is 23.3 Å². The van der Waals surface area contributed by atoms with Crippen LogP contribution in [-0.4, -0.2) is 22.9 Å². The third kappa shape index (κ3) is 6.29. The fraction of sp³-hybridized carbons (Fsp3) is 0.222. The van der Waals surface area contributed by atoms with Crippen molar-refractivity contribution in [1.29, 1.82) is 0 Å². The van der Waals surface area contributed by atoms with E-state index in [9.17, 15) is 27.2 Å². The summed E-state index contributed by atoms with van der Waals surface area (Å²) in [6.45, 7) is -2.11. The second kappa shape index (κ2) is 10.6. The van der Waals surface area contributed by atoms with Gasteiger partial charge in [0.1, 0.15) is 13.3 Å². The van der Waals surface area contributed by atoms with Gasteiger partial charge in [0, 0.05) is 5.69 Å². The van der Waals surface area contributed by atoms with Crippen molar-refractivity contribution in [2.24, 2.45) is 0 Å². The van der Waals surface area contributed by atoms with Crippen LogP contribution in [0.2, 0.25) is 10.0 Å². The molecule has 0 spiro atoms. The van der Waals surface area contributed by atoms with Crippen LogP contribution in [-0.2, 0) is 13.3 Å². The number of carbonyl (C=O) groups excluding carboxylic acids is 2. The van der Waals surface area contributed by atoms with Gasteiger partial charge in [-0.2, -0.15) is 8.78 Å². The van der Waals surface area contributed by atoms with Crippen molar-refractivity contribution in [1.82, 2.24) is 5.32 Å². The Morgan fingerprint density at radius 2 is 1.55 bits per heavy atom. The minimum absolute atomic E-state index is 0.103. The molecule has 2 aromatic carbocycles. The molecule has 0 bridgehead atoms. The van der Waals surface area contributed by atoms with E-state index in [4.69, 9.17) is 46.4 Å². The van der Waals surface area contributed by atoms with Crippen LogP contribution in [0.1, 0.15) is 21.5 Å². The fourth-order valence-corrected chi connectivity index (χ4v) is 3.06. The summed E-state index contributed by atoms with van der Waals surface area (Å²) in [7, 11) is 0. The Balaban J connectivity index is 2.17. The van der Waals surface area contributed by atoms with E-state index in [1.165, 1.54) is 18.2 Å². The van der Waals surface area contributed by atoms with E-state index in [1.807, 2.05) is 5.32 Å². The maximum atomic E-state index is 13.6. The van der Waals surface area contributed by atoms with Crippen LogP contribution in [0.15, 0.2) is 30.3 Å². The minimum atomic E-state index is -4.01. The van der Waals surface area contributed by atoms with Gasteiger partial charge in [0.2, 0.25) is 4.84 Å². The molecule has 2 rings (SSSR count). The summed E-state index contributed by atoms with van der Waals surface area (Å²) in [5.74, 6) is -1.70. The van der Waals surface area contributed by atoms with Gasteiger partial charge in [-0.1, -0.05) is 64.6 Å². The van der Waals surface area contributed by atoms with Crippen LogP contribution >= 0.6 is 46.4 Å². The number of ether oxygens (including phenoxy) is 1. The lowest BCUT2D eigenvalue weighted by Crippen LogP contribution is -2.35. The van der Waals surface area contributed by atoms with Crippen molar-refractivity contribution < 1.29 is 31.9 Å². The first kappa shape index (κ1) is 25.3. The number of hydrogen-bond donors (Lipinski definition) is 2. The van der Waals surface area contributed by atoms with Gasteiger partial charge < -0.3 is 10.1 Å². The Morgan fingerprint density at radius 3 is 2.00 bits per heavy atom. The highest BCUT2D eigenvalue weighted by molar-refractivity contribution is 6.45. The highest BCUT2D eigenvalue weighted by Crippen LogP contribution is 2.40. The van der Waals surface area contributed by atoms with E-state index in [-0.39, 0.29) is 22.4 Å². The average Bonchev–Trinajstić information content (AvgIpc) is 2.69. The normalized spacial score (nSPS) is 11.4. The smallest absolute Gasteiger partial charge is 0.427 e. The number of halogens is 8. The van der Waals surface area contributed by atoms with Crippen molar-refractivity contribution in [3.63, 3.8) is 0 Å². The zero-order chi connectivity index (χ0) is 23.3. The van der Waals surface area contributed by atoms with E-state index < -0.39 is 52.0 Å². The van der Waals surface area contributed by atoms with Gasteiger partial charge in [0.15, 0.2) is 5.75 Å². The number of rotatable bonds is 7. The van der Waals surface area contributed by atoms with Crippen molar-refractivity contribution in [2.75, 3.05) is 5.32 Å². The van der Waals surface area contributed by atoms with Crippen LogP contribution in [0.5, 0.6) is 5.75 Å². The van der Waals surface area contributed by atoms with Gasteiger partial charge in [-0.25, -0.2) is 13.6 Å². The predicted molar refractivity (Wildman–Crippen MR) is 110 cm³/mol. The SMILES string of the molecule is O=C(NC(=O)c1c(CF)cccc1CF)Nc1cc(Cl)c(OC(F)(F)C(Cl)Cl)c(Cl)c1. The standard InChI is InChI=1S/C18H12Cl4F4N2O3/c19-11-4-10(5-12(20)14(11)31-18(25,26)16(21)22)27-17(30)28-15(29)13-8(6-23)2-1-3-9(13)7-24/h1-5,16H,6-7H2,(H2,27,28,29,30). The summed E-state index contributed by atoms with van der Waals surface area (Å²) in [6, 6.07) is 4.81. The molecule has 0 heterocycles. The second-order valence-corrected chi connectivity index (χ2v) is 7.77. The summed E-state index contributed by atoms with van der Waals surface area (Å²) < 4.78 is 57.7. The summed E-state index contributed by atoms with van der Waals surface area (Å²) in [6.07, 6.45) is -4.01. The number of carbonyl (C=O) groups is 2. The molecule has 0 aromatic heterocycles. The molecule has 13 heteroatoms. The van der Waals surface area contributed by atoms with Crippen LogP contribution in [0.25, 0.3) is 0 Å². The lowest BCUT2D eigenvalue weighted by atomic mass is 10.0. The lowest BCUT2D eigenvalue weighted by Gasteiger charge is -2.20. The molecule has 0 saturated carbocycles. The number of urea groups is 1. The van der Waals surface area contributed by atoms with Crippen LogP contribution < -0.4 is 15.4 Å². The van der Waals surface area contributed by atoms with E-state index in [0.29, 0.717) is 0 Å². The number of nitrogens with one attached hydrogen (secondary N) is 2. The highest BCUT2D eigenvalue weighted by Gasteiger charge is 2.41. The molecular weight excluding hydrogens is 510 g/mol. The van der Waals surface area contributed by atoms with Crippen LogP contribution in [0.4, 0.5) is 28.0 Å². The maximum Gasteiger partial charge on any atom is 0.428 e. The monoisotopic (exact) mass is 520 g/mol. The van der Waals surface area contributed by atoms with Crippen LogP contribution in [0.3, 0.4) is 0 Å². The molecule has 31 heavy (non-hydrogen) atoms. The predicted octanol–water partition coefficient (Wildman–Crippen LogP) is 6.67. The molecule has 0 aliphatic carbocycles. The third-order valence-corrected chi connectivity index (χ3v) is 4.80. The highest BCUT2D eigenvalue weighted by atomic mass is 35.5. The topological polar surface area (TPSA) is 67.4 Å².